The summed E-state index contributed by atoms with van der Waals surface area (Å²) in [6.07, 6.45) is 2.66. The van der Waals surface area contributed by atoms with E-state index in [9.17, 15) is 0 Å². The van der Waals surface area contributed by atoms with Crippen molar-refractivity contribution in [3.63, 3.8) is 0 Å². The molecule has 2 heterocycles. The molecule has 0 radical (unpaired) electrons. The summed E-state index contributed by atoms with van der Waals surface area (Å²) < 4.78 is 11.3. The van der Waals surface area contributed by atoms with Gasteiger partial charge >= 0.3 is 0 Å². The van der Waals surface area contributed by atoms with Gasteiger partial charge in [0.15, 0.2) is 11.5 Å². The van der Waals surface area contributed by atoms with Crippen LogP contribution in [-0.2, 0) is 0 Å². The first-order chi connectivity index (χ1) is 9.86. The number of rotatable bonds is 3. The molecule has 0 amide bonds. The van der Waals surface area contributed by atoms with Crippen molar-refractivity contribution in [2.75, 3.05) is 25.1 Å². The van der Waals surface area contributed by atoms with Crippen LogP contribution in [0.5, 0.6) is 11.5 Å². The minimum absolute atomic E-state index is 0.636. The molecule has 0 bridgehead atoms. The van der Waals surface area contributed by atoms with Crippen molar-refractivity contribution in [3.8, 4) is 22.8 Å². The Labute approximate surface area is 118 Å². The lowest BCUT2D eigenvalue weighted by Gasteiger charge is -2.09. The standard InChI is InChI=1S/C15H17N3O2/c1-2-16-15-17-7-6-12(18-15)11-4-5-13-14(10-11)20-9-3-8-19-13/h4-7,10H,2-3,8-9H2,1H3,(H,16,17,18). The van der Waals surface area contributed by atoms with E-state index in [-0.39, 0.29) is 0 Å². The highest BCUT2D eigenvalue weighted by atomic mass is 16.5. The van der Waals surface area contributed by atoms with Gasteiger partial charge < -0.3 is 14.8 Å². The molecule has 0 saturated carbocycles. The van der Waals surface area contributed by atoms with Crippen LogP contribution in [0.2, 0.25) is 0 Å². The highest BCUT2D eigenvalue weighted by molar-refractivity contribution is 5.64. The summed E-state index contributed by atoms with van der Waals surface area (Å²) >= 11 is 0. The second-order valence-electron chi connectivity index (χ2n) is 4.51. The second kappa shape index (κ2) is 5.77. The highest BCUT2D eigenvalue weighted by Crippen LogP contribution is 2.33. The molecule has 1 aliphatic rings. The molecule has 0 aliphatic carbocycles. The largest absolute Gasteiger partial charge is 0.490 e. The first-order valence-corrected chi connectivity index (χ1v) is 6.84. The first-order valence-electron chi connectivity index (χ1n) is 6.84. The van der Waals surface area contributed by atoms with Crippen molar-refractivity contribution in [2.45, 2.75) is 13.3 Å². The molecule has 1 aromatic carbocycles. The van der Waals surface area contributed by atoms with Crippen LogP contribution < -0.4 is 14.8 Å². The predicted octanol–water partition coefficient (Wildman–Crippen LogP) is 2.74. The van der Waals surface area contributed by atoms with Gasteiger partial charge in [0.05, 0.1) is 18.9 Å². The molecule has 1 aliphatic heterocycles. The fourth-order valence-corrected chi connectivity index (χ4v) is 2.09. The quantitative estimate of drug-likeness (QED) is 0.930. The zero-order valence-electron chi connectivity index (χ0n) is 11.4. The zero-order chi connectivity index (χ0) is 13.8. The van der Waals surface area contributed by atoms with E-state index in [2.05, 4.69) is 15.3 Å². The van der Waals surface area contributed by atoms with Crippen LogP contribution in [-0.4, -0.2) is 29.7 Å². The Bertz CT molecular complexity index is 601. The minimum Gasteiger partial charge on any atom is -0.490 e. The number of ether oxygens (including phenoxy) is 2. The lowest BCUT2D eigenvalue weighted by Crippen LogP contribution is -2.02. The maximum Gasteiger partial charge on any atom is 0.223 e. The normalized spacial score (nSPS) is 13.7. The third kappa shape index (κ3) is 2.66. The lowest BCUT2D eigenvalue weighted by atomic mass is 10.1. The average molecular weight is 271 g/mol. The molecule has 5 nitrogen and oxygen atoms in total. The van der Waals surface area contributed by atoms with E-state index in [1.165, 1.54) is 0 Å². The summed E-state index contributed by atoms with van der Waals surface area (Å²) in [6, 6.07) is 7.79. The van der Waals surface area contributed by atoms with Gasteiger partial charge in [0, 0.05) is 24.7 Å². The highest BCUT2D eigenvalue weighted by Gasteiger charge is 2.12. The SMILES string of the molecule is CCNc1nccc(-c2ccc3c(c2)OCCCO3)n1. The summed E-state index contributed by atoms with van der Waals surface area (Å²) in [4.78, 5) is 8.67. The van der Waals surface area contributed by atoms with Crippen molar-refractivity contribution in [2.24, 2.45) is 0 Å². The van der Waals surface area contributed by atoms with Crippen LogP contribution in [0.15, 0.2) is 30.5 Å². The number of nitrogens with zero attached hydrogens (tertiary/aromatic N) is 2. The van der Waals surface area contributed by atoms with Crippen molar-refractivity contribution < 1.29 is 9.47 Å². The number of fused-ring (bicyclic) bond motifs is 1. The molecule has 3 rings (SSSR count). The molecule has 1 N–H and O–H groups in total. The Balaban J connectivity index is 1.94. The van der Waals surface area contributed by atoms with Gasteiger partial charge in [-0.1, -0.05) is 0 Å². The van der Waals surface area contributed by atoms with Gasteiger partial charge in [0.2, 0.25) is 5.95 Å². The molecule has 1 aromatic heterocycles. The van der Waals surface area contributed by atoms with E-state index < -0.39 is 0 Å². The number of benzene rings is 1. The molecular weight excluding hydrogens is 254 g/mol. The van der Waals surface area contributed by atoms with E-state index in [0.29, 0.717) is 19.2 Å². The lowest BCUT2D eigenvalue weighted by molar-refractivity contribution is 0.297. The van der Waals surface area contributed by atoms with Gasteiger partial charge in [-0.2, -0.15) is 0 Å². The summed E-state index contributed by atoms with van der Waals surface area (Å²) in [5, 5.41) is 3.11. The number of nitrogens with one attached hydrogen (secondary N) is 1. The maximum atomic E-state index is 5.70. The second-order valence-corrected chi connectivity index (χ2v) is 4.51. The predicted molar refractivity (Wildman–Crippen MR) is 77.2 cm³/mol. The summed E-state index contributed by atoms with van der Waals surface area (Å²) in [7, 11) is 0. The van der Waals surface area contributed by atoms with Crippen LogP contribution in [0, 0.1) is 0 Å². The van der Waals surface area contributed by atoms with E-state index in [1.807, 2.05) is 31.2 Å². The number of hydrogen-bond acceptors (Lipinski definition) is 5. The van der Waals surface area contributed by atoms with E-state index in [1.54, 1.807) is 6.20 Å². The molecule has 0 spiro atoms. The Kier molecular flexibility index (Phi) is 3.67. The van der Waals surface area contributed by atoms with Gasteiger partial charge in [0.25, 0.3) is 0 Å². The molecule has 104 valence electrons. The van der Waals surface area contributed by atoms with Crippen LogP contribution in [0.1, 0.15) is 13.3 Å². The smallest absolute Gasteiger partial charge is 0.223 e. The summed E-state index contributed by atoms with van der Waals surface area (Å²) in [5.74, 6) is 2.22. The number of anilines is 1. The van der Waals surface area contributed by atoms with Crippen molar-refractivity contribution in [1.82, 2.24) is 9.97 Å². The monoisotopic (exact) mass is 271 g/mol. The average Bonchev–Trinajstić information content (AvgIpc) is 2.72. The summed E-state index contributed by atoms with van der Waals surface area (Å²) in [6.45, 7) is 4.20. The molecule has 0 fully saturated rings. The van der Waals surface area contributed by atoms with E-state index in [4.69, 9.17) is 9.47 Å². The first kappa shape index (κ1) is 12.7. The Morgan fingerprint density at radius 1 is 1.15 bits per heavy atom. The molecule has 0 unspecified atom stereocenters. The fourth-order valence-electron chi connectivity index (χ4n) is 2.09. The Morgan fingerprint density at radius 2 is 2.00 bits per heavy atom. The molecular formula is C15H17N3O2. The molecule has 0 saturated heterocycles. The van der Waals surface area contributed by atoms with E-state index >= 15 is 0 Å². The number of aromatic nitrogens is 2. The van der Waals surface area contributed by atoms with Crippen molar-refractivity contribution >= 4 is 5.95 Å². The molecule has 0 atom stereocenters. The minimum atomic E-state index is 0.636. The van der Waals surface area contributed by atoms with Gasteiger partial charge in [-0.05, 0) is 31.2 Å². The van der Waals surface area contributed by atoms with Crippen molar-refractivity contribution in [1.29, 1.82) is 0 Å². The van der Waals surface area contributed by atoms with Crippen LogP contribution in [0.3, 0.4) is 0 Å². The molecule has 2 aromatic rings. The van der Waals surface area contributed by atoms with E-state index in [0.717, 1.165) is 35.7 Å². The maximum absolute atomic E-state index is 5.70. The van der Waals surface area contributed by atoms with Gasteiger partial charge in [-0.25, -0.2) is 9.97 Å². The van der Waals surface area contributed by atoms with Gasteiger partial charge in [-0.3, -0.25) is 0 Å². The van der Waals surface area contributed by atoms with Crippen LogP contribution in [0.25, 0.3) is 11.3 Å². The zero-order valence-corrected chi connectivity index (χ0v) is 11.4. The van der Waals surface area contributed by atoms with Crippen molar-refractivity contribution in [3.05, 3.63) is 30.5 Å². The third-order valence-corrected chi connectivity index (χ3v) is 3.03. The molecule has 5 heteroatoms. The Morgan fingerprint density at radius 3 is 2.85 bits per heavy atom. The third-order valence-electron chi connectivity index (χ3n) is 3.03. The number of hydrogen-bond donors (Lipinski definition) is 1. The van der Waals surface area contributed by atoms with Gasteiger partial charge in [-0.15, -0.1) is 0 Å². The fraction of sp³-hybridized carbons (Fsp3) is 0.333. The van der Waals surface area contributed by atoms with Crippen LogP contribution >= 0.6 is 0 Å². The Hall–Kier alpha value is -2.30. The molecule has 20 heavy (non-hydrogen) atoms. The topological polar surface area (TPSA) is 56.3 Å². The van der Waals surface area contributed by atoms with Gasteiger partial charge in [0.1, 0.15) is 0 Å². The van der Waals surface area contributed by atoms with Crippen LogP contribution in [0.4, 0.5) is 5.95 Å². The summed E-state index contributed by atoms with van der Waals surface area (Å²) in [5.41, 5.74) is 1.86.